The lowest BCUT2D eigenvalue weighted by molar-refractivity contribution is 0.585. The first-order chi connectivity index (χ1) is 8.52. The fraction of sp³-hybridized carbons (Fsp3) is 0.333. The zero-order valence-corrected chi connectivity index (χ0v) is 13.2. The molecular weight excluding hydrogens is 365 g/mol. The van der Waals surface area contributed by atoms with Crippen molar-refractivity contribution in [3.8, 4) is 11.4 Å². The first-order valence-corrected chi connectivity index (χ1v) is 7.40. The third kappa shape index (κ3) is 2.64. The van der Waals surface area contributed by atoms with Crippen LogP contribution in [0.25, 0.3) is 11.4 Å². The van der Waals surface area contributed by atoms with Crippen molar-refractivity contribution in [3.63, 3.8) is 0 Å². The molecule has 0 atom stereocenters. The van der Waals surface area contributed by atoms with E-state index in [4.69, 9.17) is 0 Å². The summed E-state index contributed by atoms with van der Waals surface area (Å²) in [5, 5.41) is 8.90. The molecule has 3 nitrogen and oxygen atoms in total. The molecule has 96 valence electrons. The molecule has 0 fully saturated rings. The van der Waals surface area contributed by atoms with Crippen LogP contribution in [-0.2, 0) is 5.33 Å². The molecule has 2 rings (SSSR count). The third-order valence-corrected chi connectivity index (χ3v) is 3.48. The fourth-order valence-electron chi connectivity index (χ4n) is 1.84. The van der Waals surface area contributed by atoms with Gasteiger partial charge in [0.05, 0.1) is 5.33 Å². The van der Waals surface area contributed by atoms with Crippen molar-refractivity contribution in [2.24, 2.45) is 0 Å². The number of benzene rings is 1. The monoisotopic (exact) mass is 375 g/mol. The molecule has 18 heavy (non-hydrogen) atoms. The fourth-order valence-corrected chi connectivity index (χ4v) is 2.68. The van der Waals surface area contributed by atoms with Crippen molar-refractivity contribution in [1.82, 2.24) is 14.8 Å². The molecule has 0 saturated heterocycles. The highest BCUT2D eigenvalue weighted by Gasteiger charge is 2.16. The van der Waals surface area contributed by atoms with Gasteiger partial charge in [0, 0.05) is 16.1 Å². The molecule has 0 amide bonds. The van der Waals surface area contributed by atoms with E-state index < -0.39 is 0 Å². The summed E-state index contributed by atoms with van der Waals surface area (Å²) >= 11 is 6.67. The summed E-state index contributed by atoms with van der Waals surface area (Å²) in [4.78, 5) is 0. The highest BCUT2D eigenvalue weighted by molar-refractivity contribution is 9.10. The quantitative estimate of drug-likeness (QED) is 0.746. The van der Waals surface area contributed by atoms with Gasteiger partial charge in [0.1, 0.15) is 11.6 Å². The Bertz CT molecular complexity index is 546. The average Bonchev–Trinajstić information content (AvgIpc) is 2.71. The first-order valence-electron chi connectivity index (χ1n) is 5.49. The standard InChI is InChI=1S/C12H12Br2FN3/c1-7(2)18-11(6-13)16-17-12(18)8-3-9(14)5-10(15)4-8/h3-5,7H,6H2,1-2H3. The Morgan fingerprint density at radius 2 is 2.00 bits per heavy atom. The van der Waals surface area contributed by atoms with Gasteiger partial charge in [-0.2, -0.15) is 0 Å². The maximum absolute atomic E-state index is 13.4. The Labute approximate surface area is 122 Å². The summed E-state index contributed by atoms with van der Waals surface area (Å²) in [6.45, 7) is 4.10. The topological polar surface area (TPSA) is 30.7 Å². The van der Waals surface area contributed by atoms with Crippen molar-refractivity contribution in [1.29, 1.82) is 0 Å². The summed E-state index contributed by atoms with van der Waals surface area (Å²) in [6, 6.07) is 4.94. The van der Waals surface area contributed by atoms with Crippen molar-refractivity contribution in [3.05, 3.63) is 34.3 Å². The second kappa shape index (κ2) is 5.48. The van der Waals surface area contributed by atoms with Crippen LogP contribution in [0.1, 0.15) is 25.7 Å². The second-order valence-electron chi connectivity index (χ2n) is 4.20. The van der Waals surface area contributed by atoms with Gasteiger partial charge in [-0.15, -0.1) is 10.2 Å². The lowest BCUT2D eigenvalue weighted by atomic mass is 10.2. The van der Waals surface area contributed by atoms with Crippen molar-refractivity contribution < 1.29 is 4.39 Å². The summed E-state index contributed by atoms with van der Waals surface area (Å²) in [6.07, 6.45) is 0. The summed E-state index contributed by atoms with van der Waals surface area (Å²) in [5.74, 6) is 1.22. The molecular formula is C12H12Br2FN3. The third-order valence-electron chi connectivity index (χ3n) is 2.52. The summed E-state index contributed by atoms with van der Waals surface area (Å²) in [5.41, 5.74) is 0.718. The van der Waals surface area contributed by atoms with Gasteiger partial charge in [0.15, 0.2) is 5.82 Å². The Morgan fingerprint density at radius 3 is 2.56 bits per heavy atom. The molecule has 2 aromatic rings. The van der Waals surface area contributed by atoms with Crippen LogP contribution in [0.15, 0.2) is 22.7 Å². The smallest absolute Gasteiger partial charge is 0.164 e. The van der Waals surface area contributed by atoms with E-state index >= 15 is 0 Å². The number of hydrogen-bond acceptors (Lipinski definition) is 2. The van der Waals surface area contributed by atoms with Crippen LogP contribution in [-0.4, -0.2) is 14.8 Å². The van der Waals surface area contributed by atoms with Gasteiger partial charge in [0.25, 0.3) is 0 Å². The lowest BCUT2D eigenvalue weighted by Gasteiger charge is -2.13. The first kappa shape index (κ1) is 13.7. The molecule has 0 aliphatic heterocycles. The van der Waals surface area contributed by atoms with E-state index in [9.17, 15) is 4.39 Å². The molecule has 1 heterocycles. The average molecular weight is 377 g/mol. The molecule has 1 aromatic heterocycles. The van der Waals surface area contributed by atoms with E-state index in [2.05, 4.69) is 42.1 Å². The summed E-state index contributed by atoms with van der Waals surface area (Å²) in [7, 11) is 0. The molecule has 6 heteroatoms. The van der Waals surface area contributed by atoms with Crippen molar-refractivity contribution in [2.45, 2.75) is 25.2 Å². The zero-order valence-electron chi connectivity index (χ0n) is 9.99. The van der Waals surface area contributed by atoms with Crippen LogP contribution in [0.4, 0.5) is 4.39 Å². The molecule has 1 aromatic carbocycles. The number of hydrogen-bond donors (Lipinski definition) is 0. The van der Waals surface area contributed by atoms with Crippen LogP contribution in [0.3, 0.4) is 0 Å². The number of aromatic nitrogens is 3. The number of alkyl halides is 1. The number of nitrogens with zero attached hydrogens (tertiary/aromatic N) is 3. The van der Waals surface area contributed by atoms with Crippen molar-refractivity contribution in [2.75, 3.05) is 0 Å². The molecule has 0 unspecified atom stereocenters. The van der Waals surface area contributed by atoms with Gasteiger partial charge < -0.3 is 4.57 Å². The molecule has 0 aliphatic carbocycles. The highest BCUT2D eigenvalue weighted by atomic mass is 79.9. The van der Waals surface area contributed by atoms with Crippen LogP contribution in [0, 0.1) is 5.82 Å². The molecule has 0 bridgehead atoms. The predicted octanol–water partition coefficient (Wildman–Crippen LogP) is 4.32. The second-order valence-corrected chi connectivity index (χ2v) is 5.67. The van der Waals surface area contributed by atoms with Crippen LogP contribution >= 0.6 is 31.9 Å². The number of rotatable bonds is 3. The van der Waals surface area contributed by atoms with E-state index in [1.54, 1.807) is 0 Å². The van der Waals surface area contributed by atoms with Gasteiger partial charge in [0.2, 0.25) is 0 Å². The van der Waals surface area contributed by atoms with E-state index in [1.165, 1.54) is 12.1 Å². The van der Waals surface area contributed by atoms with E-state index in [0.717, 1.165) is 11.4 Å². The van der Waals surface area contributed by atoms with Crippen molar-refractivity contribution >= 4 is 31.9 Å². The van der Waals surface area contributed by atoms with E-state index in [0.29, 0.717) is 15.6 Å². The van der Waals surface area contributed by atoms with Gasteiger partial charge in [-0.1, -0.05) is 31.9 Å². The Hall–Kier alpha value is -0.750. The molecule has 0 aliphatic rings. The van der Waals surface area contributed by atoms with Gasteiger partial charge in [-0.3, -0.25) is 0 Å². The Morgan fingerprint density at radius 1 is 1.28 bits per heavy atom. The Balaban J connectivity index is 2.60. The van der Waals surface area contributed by atoms with Gasteiger partial charge in [-0.05, 0) is 32.0 Å². The normalized spacial score (nSPS) is 11.2. The van der Waals surface area contributed by atoms with E-state index in [-0.39, 0.29) is 11.9 Å². The zero-order chi connectivity index (χ0) is 13.3. The molecule has 0 N–H and O–H groups in total. The minimum Gasteiger partial charge on any atom is -0.308 e. The van der Waals surface area contributed by atoms with Crippen LogP contribution in [0.2, 0.25) is 0 Å². The maximum atomic E-state index is 13.4. The lowest BCUT2D eigenvalue weighted by Crippen LogP contribution is -2.07. The summed E-state index contributed by atoms with van der Waals surface area (Å²) < 4.78 is 16.1. The van der Waals surface area contributed by atoms with Gasteiger partial charge >= 0.3 is 0 Å². The molecule has 0 spiro atoms. The molecule has 0 saturated carbocycles. The Kier molecular flexibility index (Phi) is 4.17. The largest absolute Gasteiger partial charge is 0.308 e. The highest BCUT2D eigenvalue weighted by Crippen LogP contribution is 2.26. The minimum atomic E-state index is -0.293. The predicted molar refractivity (Wildman–Crippen MR) is 76.1 cm³/mol. The van der Waals surface area contributed by atoms with Crippen LogP contribution < -0.4 is 0 Å². The number of halogens is 3. The van der Waals surface area contributed by atoms with E-state index in [1.807, 2.05) is 24.5 Å². The van der Waals surface area contributed by atoms with Gasteiger partial charge in [-0.25, -0.2) is 4.39 Å². The minimum absolute atomic E-state index is 0.213. The SMILES string of the molecule is CC(C)n1c(CBr)nnc1-c1cc(F)cc(Br)c1. The molecule has 0 radical (unpaired) electrons. The maximum Gasteiger partial charge on any atom is 0.164 e. The van der Waals surface area contributed by atoms with Crippen LogP contribution in [0.5, 0.6) is 0 Å².